The molecule has 106 valence electrons. The van der Waals surface area contributed by atoms with Crippen molar-refractivity contribution in [2.24, 2.45) is 0 Å². The van der Waals surface area contributed by atoms with E-state index in [1.807, 2.05) is 26.0 Å². The van der Waals surface area contributed by atoms with E-state index in [1.165, 1.54) is 0 Å². The van der Waals surface area contributed by atoms with E-state index in [0.29, 0.717) is 23.7 Å². The van der Waals surface area contributed by atoms with Gasteiger partial charge in [0.25, 0.3) is 0 Å². The van der Waals surface area contributed by atoms with Crippen molar-refractivity contribution in [2.45, 2.75) is 32.9 Å². The van der Waals surface area contributed by atoms with Crippen molar-refractivity contribution in [3.8, 4) is 5.75 Å². The number of hydrogen-bond donors (Lipinski definition) is 2. The monoisotopic (exact) mass is 284 g/mol. The number of methoxy groups -OCH3 is 1. The fourth-order valence-corrected chi connectivity index (χ4v) is 2.09. The van der Waals surface area contributed by atoms with Crippen molar-refractivity contribution >= 4 is 17.5 Å². The molecule has 0 aliphatic heterocycles. The maximum atomic E-state index is 11.8. The Balaban J connectivity index is 2.55. The first-order valence-electron chi connectivity index (χ1n) is 6.40. The molecule has 1 rings (SSSR count). The lowest BCUT2D eigenvalue weighted by molar-refractivity contribution is -0.121. The van der Waals surface area contributed by atoms with Gasteiger partial charge in [-0.2, -0.15) is 0 Å². The van der Waals surface area contributed by atoms with Gasteiger partial charge in [0.15, 0.2) is 0 Å². The Morgan fingerprint density at radius 1 is 1.47 bits per heavy atom. The molecule has 0 aromatic heterocycles. The summed E-state index contributed by atoms with van der Waals surface area (Å²) in [4.78, 5) is 11.8. The molecule has 1 unspecified atom stereocenters. The summed E-state index contributed by atoms with van der Waals surface area (Å²) in [5, 5.41) is 6.65. The van der Waals surface area contributed by atoms with E-state index in [1.54, 1.807) is 13.2 Å². The molecule has 0 spiro atoms. The molecular formula is C14H21ClN2O2. The van der Waals surface area contributed by atoms with Crippen molar-refractivity contribution in [3.63, 3.8) is 0 Å². The summed E-state index contributed by atoms with van der Waals surface area (Å²) < 4.78 is 5.23. The molecule has 0 saturated carbocycles. The van der Waals surface area contributed by atoms with Crippen molar-refractivity contribution in [1.29, 1.82) is 0 Å². The second-order valence-electron chi connectivity index (χ2n) is 4.36. The summed E-state index contributed by atoms with van der Waals surface area (Å²) in [5.74, 6) is 0.683. The number of hydrogen-bond acceptors (Lipinski definition) is 3. The van der Waals surface area contributed by atoms with Gasteiger partial charge in [0.2, 0.25) is 5.91 Å². The van der Waals surface area contributed by atoms with Crippen LogP contribution in [0, 0.1) is 0 Å². The van der Waals surface area contributed by atoms with Gasteiger partial charge in [-0.25, -0.2) is 0 Å². The molecule has 1 amide bonds. The molecule has 0 saturated heterocycles. The molecule has 0 heterocycles. The number of ether oxygens (including phenoxy) is 1. The minimum absolute atomic E-state index is 0.00424. The zero-order chi connectivity index (χ0) is 14.3. The summed E-state index contributed by atoms with van der Waals surface area (Å²) in [6, 6.07) is 5.60. The maximum Gasteiger partial charge on any atom is 0.221 e. The maximum absolute atomic E-state index is 11.8. The zero-order valence-electron chi connectivity index (χ0n) is 11.6. The first kappa shape index (κ1) is 15.8. The van der Waals surface area contributed by atoms with Crippen LogP contribution in [0.2, 0.25) is 5.02 Å². The molecule has 4 nitrogen and oxygen atoms in total. The Morgan fingerprint density at radius 2 is 2.21 bits per heavy atom. The highest BCUT2D eigenvalue weighted by Gasteiger charge is 2.11. The largest absolute Gasteiger partial charge is 0.496 e. The van der Waals surface area contributed by atoms with Crippen molar-refractivity contribution < 1.29 is 9.53 Å². The smallest absolute Gasteiger partial charge is 0.221 e. The van der Waals surface area contributed by atoms with Crippen LogP contribution < -0.4 is 15.4 Å². The summed E-state index contributed by atoms with van der Waals surface area (Å²) in [6.07, 6.45) is 0.445. The fourth-order valence-electron chi connectivity index (χ4n) is 1.86. The fraction of sp³-hybridized carbons (Fsp3) is 0.500. The van der Waals surface area contributed by atoms with Crippen LogP contribution in [0.1, 0.15) is 25.8 Å². The number of amides is 1. The highest BCUT2D eigenvalue weighted by molar-refractivity contribution is 6.31. The second-order valence-corrected chi connectivity index (χ2v) is 4.77. The Kier molecular flexibility index (Phi) is 6.67. The second kappa shape index (κ2) is 8.02. The van der Waals surface area contributed by atoms with Gasteiger partial charge in [-0.05, 0) is 25.6 Å². The molecule has 1 aromatic carbocycles. The third-order valence-corrected chi connectivity index (χ3v) is 3.16. The lowest BCUT2D eigenvalue weighted by Gasteiger charge is -2.14. The highest BCUT2D eigenvalue weighted by Crippen LogP contribution is 2.25. The van der Waals surface area contributed by atoms with Gasteiger partial charge in [-0.1, -0.05) is 24.6 Å². The summed E-state index contributed by atoms with van der Waals surface area (Å²) in [7, 11) is 1.59. The Bertz CT molecular complexity index is 424. The van der Waals surface area contributed by atoms with E-state index >= 15 is 0 Å². The minimum atomic E-state index is -0.00424. The van der Waals surface area contributed by atoms with E-state index in [0.717, 1.165) is 12.1 Å². The van der Waals surface area contributed by atoms with E-state index in [-0.39, 0.29) is 11.9 Å². The predicted molar refractivity (Wildman–Crippen MR) is 77.6 cm³/mol. The van der Waals surface area contributed by atoms with Gasteiger partial charge in [0.05, 0.1) is 7.11 Å². The number of benzene rings is 1. The van der Waals surface area contributed by atoms with Crippen LogP contribution in [-0.4, -0.2) is 25.6 Å². The van der Waals surface area contributed by atoms with E-state index in [2.05, 4.69) is 10.6 Å². The number of nitrogens with one attached hydrogen (secondary N) is 2. The normalized spacial score (nSPS) is 12.0. The molecule has 0 aliphatic carbocycles. The third-order valence-electron chi connectivity index (χ3n) is 2.80. The summed E-state index contributed by atoms with van der Waals surface area (Å²) in [5.41, 5.74) is 0.802. The molecular weight excluding hydrogens is 264 g/mol. The van der Waals surface area contributed by atoms with Gasteiger partial charge in [0, 0.05) is 29.6 Å². The van der Waals surface area contributed by atoms with Gasteiger partial charge < -0.3 is 15.4 Å². The van der Waals surface area contributed by atoms with Crippen LogP contribution >= 0.6 is 11.6 Å². The predicted octanol–water partition coefficient (Wildman–Crippen LogP) is 2.35. The van der Waals surface area contributed by atoms with Crippen molar-refractivity contribution in [1.82, 2.24) is 10.6 Å². The van der Waals surface area contributed by atoms with Gasteiger partial charge in [-0.15, -0.1) is 0 Å². The van der Waals surface area contributed by atoms with Crippen LogP contribution in [0.25, 0.3) is 0 Å². The van der Waals surface area contributed by atoms with E-state index in [4.69, 9.17) is 16.3 Å². The van der Waals surface area contributed by atoms with Gasteiger partial charge >= 0.3 is 0 Å². The molecule has 0 bridgehead atoms. The topological polar surface area (TPSA) is 50.4 Å². The summed E-state index contributed by atoms with van der Waals surface area (Å²) in [6.45, 7) is 5.23. The van der Waals surface area contributed by atoms with Gasteiger partial charge in [-0.3, -0.25) is 4.79 Å². The highest BCUT2D eigenvalue weighted by atomic mass is 35.5. The van der Waals surface area contributed by atoms with Crippen molar-refractivity contribution in [3.05, 3.63) is 28.8 Å². The number of rotatable bonds is 7. The molecule has 1 atom stereocenters. The summed E-state index contributed by atoms with van der Waals surface area (Å²) >= 11 is 6.10. The Hall–Kier alpha value is -1.26. The standard InChI is InChI=1S/C14H21ClN2O2/c1-4-16-10(2)8-14(18)17-9-11-12(15)6-5-7-13(11)19-3/h5-7,10,16H,4,8-9H2,1-3H3,(H,17,18). The van der Waals surface area contributed by atoms with Crippen LogP contribution in [0.3, 0.4) is 0 Å². The lowest BCUT2D eigenvalue weighted by Crippen LogP contribution is -2.33. The van der Waals surface area contributed by atoms with E-state index in [9.17, 15) is 4.79 Å². The van der Waals surface area contributed by atoms with Crippen LogP contribution in [0.15, 0.2) is 18.2 Å². The first-order valence-corrected chi connectivity index (χ1v) is 6.77. The number of carbonyl (C=O) groups excluding carboxylic acids is 1. The quantitative estimate of drug-likeness (QED) is 0.808. The Labute approximate surface area is 119 Å². The molecule has 2 N–H and O–H groups in total. The molecule has 5 heteroatoms. The van der Waals surface area contributed by atoms with Crippen LogP contribution in [-0.2, 0) is 11.3 Å². The average molecular weight is 285 g/mol. The van der Waals surface area contributed by atoms with Crippen LogP contribution in [0.4, 0.5) is 0 Å². The lowest BCUT2D eigenvalue weighted by atomic mass is 10.2. The molecule has 0 fully saturated rings. The molecule has 0 radical (unpaired) electrons. The SMILES string of the molecule is CCNC(C)CC(=O)NCc1c(Cl)cccc1OC. The number of halogens is 1. The third kappa shape index (κ3) is 5.09. The number of carbonyl (C=O) groups is 1. The van der Waals surface area contributed by atoms with Gasteiger partial charge in [0.1, 0.15) is 5.75 Å². The van der Waals surface area contributed by atoms with E-state index < -0.39 is 0 Å². The van der Waals surface area contributed by atoms with Crippen molar-refractivity contribution in [2.75, 3.05) is 13.7 Å². The molecule has 19 heavy (non-hydrogen) atoms. The molecule has 1 aromatic rings. The zero-order valence-corrected chi connectivity index (χ0v) is 12.4. The minimum Gasteiger partial charge on any atom is -0.496 e. The Morgan fingerprint density at radius 3 is 2.84 bits per heavy atom. The molecule has 0 aliphatic rings. The van der Waals surface area contributed by atoms with Crippen LogP contribution in [0.5, 0.6) is 5.75 Å². The first-order chi connectivity index (χ1) is 9.08. The average Bonchev–Trinajstić information content (AvgIpc) is 2.37.